The highest BCUT2D eigenvalue weighted by molar-refractivity contribution is 5.96. The molecule has 2 aromatic rings. The van der Waals surface area contributed by atoms with Crippen molar-refractivity contribution in [3.05, 3.63) is 40.3 Å². The van der Waals surface area contributed by atoms with Crippen molar-refractivity contribution in [2.75, 3.05) is 13.1 Å². The van der Waals surface area contributed by atoms with Crippen LogP contribution in [0.25, 0.3) is 0 Å². The molecule has 0 N–H and O–H groups in total. The minimum Gasteiger partial charge on any atom is -0.361 e. The van der Waals surface area contributed by atoms with Crippen LogP contribution in [0.5, 0.6) is 0 Å². The zero-order chi connectivity index (χ0) is 16.6. The van der Waals surface area contributed by atoms with Gasteiger partial charge >= 0.3 is 0 Å². The van der Waals surface area contributed by atoms with E-state index in [2.05, 4.69) is 15.1 Å². The molecule has 0 spiro atoms. The molecule has 1 amide bonds. The first-order chi connectivity index (χ1) is 11.0. The van der Waals surface area contributed by atoms with E-state index in [0.29, 0.717) is 30.8 Å². The number of amides is 1. The molecule has 1 aliphatic heterocycles. The summed E-state index contributed by atoms with van der Waals surface area (Å²) in [5.74, 6) is 1.64. The van der Waals surface area contributed by atoms with Gasteiger partial charge in [0.2, 0.25) is 0 Å². The van der Waals surface area contributed by atoms with Crippen molar-refractivity contribution >= 4 is 5.91 Å². The Bertz CT molecular complexity index is 718. The predicted octanol–water partition coefficient (Wildman–Crippen LogP) is 2.58. The third-order valence-corrected chi connectivity index (χ3v) is 4.32. The largest absolute Gasteiger partial charge is 0.361 e. The number of hydrogen-bond donors (Lipinski definition) is 0. The highest BCUT2D eigenvalue weighted by atomic mass is 16.5. The van der Waals surface area contributed by atoms with E-state index in [-0.39, 0.29) is 11.8 Å². The molecule has 2 aromatic heterocycles. The molecule has 1 saturated heterocycles. The highest BCUT2D eigenvalue weighted by Crippen LogP contribution is 2.27. The van der Waals surface area contributed by atoms with Gasteiger partial charge in [-0.3, -0.25) is 4.79 Å². The Kier molecular flexibility index (Phi) is 4.15. The van der Waals surface area contributed by atoms with Gasteiger partial charge in [-0.2, -0.15) is 0 Å². The smallest absolute Gasteiger partial charge is 0.259 e. The number of carbonyl (C=O) groups excluding carboxylic acids is 1. The summed E-state index contributed by atoms with van der Waals surface area (Å²) in [5, 5.41) is 3.98. The maximum Gasteiger partial charge on any atom is 0.259 e. The summed E-state index contributed by atoms with van der Waals surface area (Å²) in [5.41, 5.74) is 3.30. The zero-order valence-corrected chi connectivity index (χ0v) is 14.1. The first kappa shape index (κ1) is 15.6. The fourth-order valence-corrected chi connectivity index (χ4v) is 3.18. The number of aromatic nitrogens is 3. The van der Waals surface area contributed by atoms with Crippen molar-refractivity contribution in [1.29, 1.82) is 0 Å². The molecule has 0 aromatic carbocycles. The summed E-state index contributed by atoms with van der Waals surface area (Å²) in [6, 6.07) is 1.97. The van der Waals surface area contributed by atoms with Crippen molar-refractivity contribution < 1.29 is 9.32 Å². The van der Waals surface area contributed by atoms with Gasteiger partial charge in [-0.1, -0.05) is 12.1 Å². The molecule has 23 heavy (non-hydrogen) atoms. The van der Waals surface area contributed by atoms with Gasteiger partial charge in [-0.05, 0) is 39.7 Å². The van der Waals surface area contributed by atoms with Crippen LogP contribution in [-0.2, 0) is 6.42 Å². The van der Waals surface area contributed by atoms with Crippen LogP contribution in [0.3, 0.4) is 0 Å². The molecule has 6 heteroatoms. The quantitative estimate of drug-likeness (QED) is 0.870. The summed E-state index contributed by atoms with van der Waals surface area (Å²) in [6.07, 6.45) is 1.58. The molecule has 122 valence electrons. The second-order valence-corrected chi connectivity index (χ2v) is 6.16. The Morgan fingerprint density at radius 2 is 2.00 bits per heavy atom. The molecule has 0 unspecified atom stereocenters. The van der Waals surface area contributed by atoms with E-state index in [1.165, 1.54) is 0 Å². The van der Waals surface area contributed by atoms with Gasteiger partial charge < -0.3 is 9.42 Å². The summed E-state index contributed by atoms with van der Waals surface area (Å²) in [7, 11) is 0. The van der Waals surface area contributed by atoms with Crippen molar-refractivity contribution in [3.63, 3.8) is 0 Å². The first-order valence-electron chi connectivity index (χ1n) is 8.06. The van der Waals surface area contributed by atoms with E-state index >= 15 is 0 Å². The lowest BCUT2D eigenvalue weighted by atomic mass is 10.1. The molecule has 1 aliphatic rings. The Labute approximate surface area is 135 Å². The van der Waals surface area contributed by atoms with Crippen LogP contribution in [0.1, 0.15) is 58.3 Å². The van der Waals surface area contributed by atoms with Gasteiger partial charge in [0, 0.05) is 30.4 Å². The lowest BCUT2D eigenvalue weighted by Gasteiger charge is -2.16. The monoisotopic (exact) mass is 314 g/mol. The number of likely N-dealkylation sites (tertiary alicyclic amines) is 1. The van der Waals surface area contributed by atoms with Crippen molar-refractivity contribution in [1.82, 2.24) is 20.0 Å². The number of nitrogens with zero attached hydrogens (tertiary/aromatic N) is 4. The molecule has 6 nitrogen and oxygen atoms in total. The Morgan fingerprint density at radius 1 is 1.30 bits per heavy atom. The van der Waals surface area contributed by atoms with Crippen LogP contribution in [0.2, 0.25) is 0 Å². The van der Waals surface area contributed by atoms with E-state index < -0.39 is 0 Å². The van der Waals surface area contributed by atoms with Crippen LogP contribution in [0.15, 0.2) is 10.6 Å². The van der Waals surface area contributed by atoms with Crippen LogP contribution in [0.4, 0.5) is 0 Å². The van der Waals surface area contributed by atoms with Gasteiger partial charge in [0.05, 0.1) is 5.69 Å². The molecular formula is C17H22N4O2. The van der Waals surface area contributed by atoms with Crippen molar-refractivity contribution in [2.45, 2.75) is 46.5 Å². The fraction of sp³-hybridized carbons (Fsp3) is 0.529. The van der Waals surface area contributed by atoms with Gasteiger partial charge in [-0.25, -0.2) is 9.97 Å². The van der Waals surface area contributed by atoms with Crippen LogP contribution in [-0.4, -0.2) is 39.0 Å². The molecule has 0 aliphatic carbocycles. The van der Waals surface area contributed by atoms with E-state index in [1.807, 2.05) is 31.7 Å². The maximum atomic E-state index is 12.8. The van der Waals surface area contributed by atoms with Crippen LogP contribution in [0, 0.1) is 20.8 Å². The SMILES string of the molecule is CCc1noc(C)c1C(=O)N1CC[C@@H](c2nc(C)cc(C)n2)C1. The molecule has 3 rings (SSSR count). The van der Waals surface area contributed by atoms with Crippen molar-refractivity contribution in [2.24, 2.45) is 0 Å². The Morgan fingerprint density at radius 3 is 2.65 bits per heavy atom. The van der Waals surface area contributed by atoms with E-state index in [9.17, 15) is 4.79 Å². The first-order valence-corrected chi connectivity index (χ1v) is 8.06. The molecule has 1 fully saturated rings. The van der Waals surface area contributed by atoms with Crippen LogP contribution < -0.4 is 0 Å². The lowest BCUT2D eigenvalue weighted by Crippen LogP contribution is -2.29. The maximum absolute atomic E-state index is 12.8. The third kappa shape index (κ3) is 2.98. The summed E-state index contributed by atoms with van der Waals surface area (Å²) in [4.78, 5) is 23.8. The van der Waals surface area contributed by atoms with Gasteiger partial charge in [0.25, 0.3) is 5.91 Å². The Hall–Kier alpha value is -2.24. The second-order valence-electron chi connectivity index (χ2n) is 6.16. The van der Waals surface area contributed by atoms with Gasteiger partial charge in [-0.15, -0.1) is 0 Å². The minimum absolute atomic E-state index is 0.00692. The fourth-order valence-electron chi connectivity index (χ4n) is 3.18. The lowest BCUT2D eigenvalue weighted by molar-refractivity contribution is 0.0788. The molecule has 0 radical (unpaired) electrons. The van der Waals surface area contributed by atoms with E-state index in [0.717, 1.165) is 29.3 Å². The van der Waals surface area contributed by atoms with Crippen molar-refractivity contribution in [3.8, 4) is 0 Å². The molecule has 1 atom stereocenters. The van der Waals surface area contributed by atoms with Crippen LogP contribution >= 0.6 is 0 Å². The average molecular weight is 314 g/mol. The van der Waals surface area contributed by atoms with E-state index in [1.54, 1.807) is 6.92 Å². The predicted molar refractivity (Wildman–Crippen MR) is 85.4 cm³/mol. The summed E-state index contributed by atoms with van der Waals surface area (Å²) >= 11 is 0. The van der Waals surface area contributed by atoms with Gasteiger partial charge in [0.1, 0.15) is 17.1 Å². The zero-order valence-electron chi connectivity index (χ0n) is 14.1. The topological polar surface area (TPSA) is 72.1 Å². The standard InChI is InChI=1S/C17H22N4O2/c1-5-14-15(12(4)23-20-14)17(22)21-7-6-13(9-21)16-18-10(2)8-11(3)19-16/h8,13H,5-7,9H2,1-4H3/t13-/m1/s1. The number of rotatable bonds is 3. The Balaban J connectivity index is 1.79. The number of hydrogen-bond acceptors (Lipinski definition) is 5. The number of carbonyl (C=O) groups is 1. The molecule has 0 bridgehead atoms. The molecular weight excluding hydrogens is 292 g/mol. The molecule has 0 saturated carbocycles. The number of aryl methyl sites for hydroxylation is 4. The average Bonchev–Trinajstić information content (AvgIpc) is 3.12. The van der Waals surface area contributed by atoms with E-state index in [4.69, 9.17) is 4.52 Å². The van der Waals surface area contributed by atoms with Gasteiger partial charge in [0.15, 0.2) is 0 Å². The highest BCUT2D eigenvalue weighted by Gasteiger charge is 2.32. The summed E-state index contributed by atoms with van der Waals surface area (Å²) < 4.78 is 5.19. The summed E-state index contributed by atoms with van der Waals surface area (Å²) in [6.45, 7) is 9.08. The second kappa shape index (κ2) is 6.10. The minimum atomic E-state index is 0.00692. The normalized spacial score (nSPS) is 17.7. The molecule has 3 heterocycles. The third-order valence-electron chi connectivity index (χ3n) is 4.32.